The third-order valence-electron chi connectivity index (χ3n) is 2.42. The molecule has 1 rings (SSSR count). The van der Waals surface area contributed by atoms with Crippen molar-refractivity contribution in [1.82, 2.24) is 0 Å². The number of aryl methyl sites for hydroxylation is 1. The molecule has 14 heavy (non-hydrogen) atoms. The van der Waals surface area contributed by atoms with Gasteiger partial charge >= 0.3 is 0 Å². The second-order valence-electron chi connectivity index (χ2n) is 3.77. The number of benzene rings is 1. The van der Waals surface area contributed by atoms with Gasteiger partial charge in [0.15, 0.2) is 0 Å². The van der Waals surface area contributed by atoms with Crippen molar-refractivity contribution in [2.24, 2.45) is 0 Å². The van der Waals surface area contributed by atoms with Crippen LogP contribution in [0.15, 0.2) is 18.2 Å². The van der Waals surface area contributed by atoms with E-state index >= 15 is 0 Å². The molecule has 0 spiro atoms. The van der Waals surface area contributed by atoms with Gasteiger partial charge < -0.3 is 0 Å². The number of hydrogen-bond donors (Lipinski definition) is 0. The first-order valence-electron chi connectivity index (χ1n) is 4.97. The Morgan fingerprint density at radius 1 is 1.14 bits per heavy atom. The van der Waals surface area contributed by atoms with Crippen LogP contribution >= 0.6 is 0 Å². The highest BCUT2D eigenvalue weighted by Gasteiger charge is 2.15. The summed E-state index contributed by atoms with van der Waals surface area (Å²) in [5, 5.41) is 0. The molecule has 0 atom stereocenters. The molecule has 1 aromatic carbocycles. The molecular formula is C12H16F2. The topological polar surface area (TPSA) is 0 Å². The molecule has 0 saturated heterocycles. The van der Waals surface area contributed by atoms with Gasteiger partial charge in [-0.3, -0.25) is 0 Å². The van der Waals surface area contributed by atoms with Crippen molar-refractivity contribution in [2.75, 3.05) is 0 Å². The zero-order valence-electron chi connectivity index (χ0n) is 8.85. The molecule has 1 aromatic rings. The molecule has 0 nitrogen and oxygen atoms in total. The molecular weight excluding hydrogens is 182 g/mol. The lowest BCUT2D eigenvalue weighted by molar-refractivity contribution is 0.150. The van der Waals surface area contributed by atoms with Crippen molar-refractivity contribution in [3.63, 3.8) is 0 Å². The summed E-state index contributed by atoms with van der Waals surface area (Å²) in [6, 6.07) is 5.38. The van der Waals surface area contributed by atoms with E-state index < -0.39 is 6.43 Å². The standard InChI is InChI=1S/C12H16F2/c1-4-9-5-6-10(8(2)3)11(7-9)12(13)14/h5-8,12H,4H2,1-3H3. The molecule has 0 N–H and O–H groups in total. The predicted molar refractivity (Wildman–Crippen MR) is 54.9 cm³/mol. The van der Waals surface area contributed by atoms with Crippen molar-refractivity contribution in [3.05, 3.63) is 34.9 Å². The summed E-state index contributed by atoms with van der Waals surface area (Å²) in [6.45, 7) is 5.85. The highest BCUT2D eigenvalue weighted by molar-refractivity contribution is 5.35. The predicted octanol–water partition coefficient (Wildman–Crippen LogP) is 4.31. The van der Waals surface area contributed by atoms with Crippen LogP contribution in [0.3, 0.4) is 0 Å². The largest absolute Gasteiger partial charge is 0.264 e. The molecule has 0 fully saturated rings. The van der Waals surface area contributed by atoms with Crippen LogP contribution in [0.25, 0.3) is 0 Å². The summed E-state index contributed by atoms with van der Waals surface area (Å²) >= 11 is 0. The van der Waals surface area contributed by atoms with Gasteiger partial charge in [0.1, 0.15) is 0 Å². The average molecular weight is 198 g/mol. The SMILES string of the molecule is CCc1ccc(C(C)C)c(C(F)F)c1. The van der Waals surface area contributed by atoms with E-state index in [4.69, 9.17) is 0 Å². The second-order valence-corrected chi connectivity index (χ2v) is 3.77. The van der Waals surface area contributed by atoms with E-state index in [1.54, 1.807) is 6.07 Å². The van der Waals surface area contributed by atoms with Crippen molar-refractivity contribution in [2.45, 2.75) is 39.5 Å². The summed E-state index contributed by atoms with van der Waals surface area (Å²) in [6.07, 6.45) is -1.56. The molecule has 0 aliphatic heterocycles. The molecule has 0 unspecified atom stereocenters. The van der Waals surface area contributed by atoms with Gasteiger partial charge in [-0.1, -0.05) is 32.9 Å². The molecule has 78 valence electrons. The Labute approximate surface area is 84.0 Å². The van der Waals surface area contributed by atoms with Crippen LogP contribution in [0.2, 0.25) is 0 Å². The first-order chi connectivity index (χ1) is 6.56. The fourth-order valence-corrected chi connectivity index (χ4v) is 1.56. The highest BCUT2D eigenvalue weighted by Crippen LogP contribution is 2.29. The lowest BCUT2D eigenvalue weighted by Crippen LogP contribution is -1.98. The van der Waals surface area contributed by atoms with Crippen molar-refractivity contribution in [1.29, 1.82) is 0 Å². The third kappa shape index (κ3) is 2.31. The van der Waals surface area contributed by atoms with E-state index in [1.165, 1.54) is 0 Å². The van der Waals surface area contributed by atoms with Crippen LogP contribution in [0, 0.1) is 0 Å². The van der Waals surface area contributed by atoms with Crippen LogP contribution in [0.1, 0.15) is 49.8 Å². The molecule has 0 heterocycles. The van der Waals surface area contributed by atoms with Gasteiger partial charge in [0.25, 0.3) is 6.43 Å². The fraction of sp³-hybridized carbons (Fsp3) is 0.500. The fourth-order valence-electron chi connectivity index (χ4n) is 1.56. The normalized spacial score (nSPS) is 11.4. The molecule has 0 aliphatic rings. The summed E-state index contributed by atoms with van der Waals surface area (Å²) < 4.78 is 25.4. The summed E-state index contributed by atoms with van der Waals surface area (Å²) in [5.41, 5.74) is 1.93. The minimum absolute atomic E-state index is 0.157. The van der Waals surface area contributed by atoms with Gasteiger partial charge in [-0.25, -0.2) is 8.78 Å². The number of hydrogen-bond acceptors (Lipinski definition) is 0. The Kier molecular flexibility index (Phi) is 3.62. The van der Waals surface area contributed by atoms with E-state index in [1.807, 2.05) is 32.9 Å². The maximum absolute atomic E-state index is 12.7. The van der Waals surface area contributed by atoms with Crippen molar-refractivity contribution >= 4 is 0 Å². The average Bonchev–Trinajstić information content (AvgIpc) is 2.16. The minimum Gasteiger partial charge on any atom is -0.205 e. The van der Waals surface area contributed by atoms with Gasteiger partial charge in [0.05, 0.1) is 0 Å². The van der Waals surface area contributed by atoms with Gasteiger partial charge in [-0.15, -0.1) is 0 Å². The Bertz CT molecular complexity index is 303. The van der Waals surface area contributed by atoms with E-state index in [-0.39, 0.29) is 11.5 Å². The van der Waals surface area contributed by atoms with Gasteiger partial charge in [-0.05, 0) is 29.5 Å². The Balaban J connectivity index is 3.17. The van der Waals surface area contributed by atoms with Crippen LogP contribution in [0.4, 0.5) is 8.78 Å². The second kappa shape index (κ2) is 4.54. The Morgan fingerprint density at radius 3 is 2.21 bits per heavy atom. The molecule has 0 radical (unpaired) electrons. The lowest BCUT2D eigenvalue weighted by Gasteiger charge is -2.13. The van der Waals surface area contributed by atoms with E-state index in [9.17, 15) is 8.78 Å². The monoisotopic (exact) mass is 198 g/mol. The quantitative estimate of drug-likeness (QED) is 0.678. The van der Waals surface area contributed by atoms with E-state index in [2.05, 4.69) is 0 Å². The van der Waals surface area contributed by atoms with E-state index in [0.29, 0.717) is 0 Å². The summed E-state index contributed by atoms with van der Waals surface area (Å²) in [5.74, 6) is 0.157. The lowest BCUT2D eigenvalue weighted by atomic mass is 9.95. The first-order valence-corrected chi connectivity index (χ1v) is 4.97. The van der Waals surface area contributed by atoms with Crippen molar-refractivity contribution < 1.29 is 8.78 Å². The van der Waals surface area contributed by atoms with Gasteiger partial charge in [-0.2, -0.15) is 0 Å². The van der Waals surface area contributed by atoms with Crippen LogP contribution in [0.5, 0.6) is 0 Å². The van der Waals surface area contributed by atoms with Gasteiger partial charge in [0.2, 0.25) is 0 Å². The van der Waals surface area contributed by atoms with Crippen molar-refractivity contribution in [3.8, 4) is 0 Å². The molecule has 0 aromatic heterocycles. The number of alkyl halides is 2. The maximum Gasteiger partial charge on any atom is 0.264 e. The molecule has 2 heteroatoms. The van der Waals surface area contributed by atoms with Crippen LogP contribution in [-0.4, -0.2) is 0 Å². The molecule has 0 aliphatic carbocycles. The summed E-state index contributed by atoms with van der Waals surface area (Å²) in [7, 11) is 0. The third-order valence-corrected chi connectivity index (χ3v) is 2.42. The zero-order valence-corrected chi connectivity index (χ0v) is 8.85. The van der Waals surface area contributed by atoms with Crippen LogP contribution < -0.4 is 0 Å². The number of rotatable bonds is 3. The summed E-state index contributed by atoms with van der Waals surface area (Å²) in [4.78, 5) is 0. The minimum atomic E-state index is -2.36. The molecule has 0 saturated carbocycles. The smallest absolute Gasteiger partial charge is 0.205 e. The van der Waals surface area contributed by atoms with E-state index in [0.717, 1.165) is 17.5 Å². The Hall–Kier alpha value is -0.920. The van der Waals surface area contributed by atoms with Gasteiger partial charge in [0, 0.05) is 5.56 Å². The maximum atomic E-state index is 12.7. The molecule has 0 amide bonds. The zero-order chi connectivity index (χ0) is 10.7. The molecule has 0 bridgehead atoms. The first kappa shape index (κ1) is 11.2. The number of halogens is 2. The van der Waals surface area contributed by atoms with Crippen LogP contribution in [-0.2, 0) is 6.42 Å². The Morgan fingerprint density at radius 2 is 1.79 bits per heavy atom. The highest BCUT2D eigenvalue weighted by atomic mass is 19.3.